The number of rotatable bonds is 4. The van der Waals surface area contributed by atoms with Crippen molar-refractivity contribution < 1.29 is 8.42 Å². The Kier molecular flexibility index (Phi) is 4.12. The molecule has 0 aliphatic carbocycles. The zero-order chi connectivity index (χ0) is 11.5. The molecule has 84 valence electrons. The van der Waals surface area contributed by atoms with Gasteiger partial charge in [-0.15, -0.1) is 10.2 Å². The Morgan fingerprint density at radius 1 is 1.40 bits per heavy atom. The molecule has 1 N–H and O–H groups in total. The van der Waals surface area contributed by atoms with Crippen molar-refractivity contribution in [3.8, 4) is 0 Å². The summed E-state index contributed by atoms with van der Waals surface area (Å²) in [5, 5.41) is 10.3. The maximum Gasteiger partial charge on any atom is 0.174 e. The van der Waals surface area contributed by atoms with Crippen LogP contribution in [-0.4, -0.2) is 37.2 Å². The highest BCUT2D eigenvalue weighted by Crippen LogP contribution is 2.20. The third kappa shape index (κ3) is 4.63. The first-order chi connectivity index (χ1) is 6.88. The fourth-order valence-corrected chi connectivity index (χ4v) is 1.63. The molecular formula is C7H9Cl2N3O2S. The second kappa shape index (κ2) is 4.96. The lowest BCUT2D eigenvalue weighted by atomic mass is 10.4. The van der Waals surface area contributed by atoms with Crippen molar-refractivity contribution in [2.75, 3.05) is 23.9 Å². The normalized spacial score (nSPS) is 11.4. The van der Waals surface area contributed by atoms with Crippen molar-refractivity contribution in [3.05, 3.63) is 16.4 Å². The quantitative estimate of drug-likeness (QED) is 0.891. The molecular weight excluding hydrogens is 261 g/mol. The highest BCUT2D eigenvalue weighted by molar-refractivity contribution is 7.90. The van der Waals surface area contributed by atoms with Gasteiger partial charge in [-0.3, -0.25) is 0 Å². The molecule has 0 aliphatic rings. The number of nitrogens with zero attached hydrogens (tertiary/aromatic N) is 2. The van der Waals surface area contributed by atoms with Gasteiger partial charge in [0.05, 0.1) is 11.4 Å². The second-order valence-corrected chi connectivity index (χ2v) is 5.93. The maximum atomic E-state index is 10.8. The molecule has 0 atom stereocenters. The molecule has 0 bridgehead atoms. The number of anilines is 1. The van der Waals surface area contributed by atoms with Crippen LogP contribution in [0.4, 0.5) is 5.69 Å². The SMILES string of the molecule is CS(=O)(=O)CCNc1cc(Cl)nnc1Cl. The number of hydrogen-bond acceptors (Lipinski definition) is 5. The van der Waals surface area contributed by atoms with E-state index in [4.69, 9.17) is 23.2 Å². The molecule has 1 aromatic rings. The molecule has 0 amide bonds. The van der Waals surface area contributed by atoms with Gasteiger partial charge in [-0.05, 0) is 0 Å². The molecule has 0 fully saturated rings. The molecule has 0 spiro atoms. The van der Waals surface area contributed by atoms with Gasteiger partial charge in [0, 0.05) is 18.9 Å². The van der Waals surface area contributed by atoms with E-state index in [1.165, 1.54) is 6.07 Å². The Hall–Kier alpha value is -0.590. The van der Waals surface area contributed by atoms with Gasteiger partial charge in [-0.2, -0.15) is 0 Å². The molecule has 0 aliphatic heterocycles. The van der Waals surface area contributed by atoms with E-state index < -0.39 is 9.84 Å². The van der Waals surface area contributed by atoms with E-state index in [-0.39, 0.29) is 22.6 Å². The molecule has 1 aromatic heterocycles. The third-order valence-corrected chi connectivity index (χ3v) is 2.92. The van der Waals surface area contributed by atoms with Crippen LogP contribution in [0.2, 0.25) is 10.3 Å². The smallest absolute Gasteiger partial charge is 0.174 e. The van der Waals surface area contributed by atoms with Crippen molar-refractivity contribution in [2.24, 2.45) is 0 Å². The van der Waals surface area contributed by atoms with Gasteiger partial charge in [0.1, 0.15) is 9.84 Å². The first-order valence-electron chi connectivity index (χ1n) is 3.99. The van der Waals surface area contributed by atoms with Gasteiger partial charge in [-0.1, -0.05) is 23.2 Å². The molecule has 0 radical (unpaired) electrons. The maximum absolute atomic E-state index is 10.8. The summed E-state index contributed by atoms with van der Waals surface area (Å²) in [7, 11) is -2.99. The summed E-state index contributed by atoms with van der Waals surface area (Å²) in [5.74, 6) is 0.0171. The highest BCUT2D eigenvalue weighted by atomic mass is 35.5. The number of halogens is 2. The van der Waals surface area contributed by atoms with Crippen LogP contribution in [0.1, 0.15) is 0 Å². The molecule has 15 heavy (non-hydrogen) atoms. The molecule has 0 aromatic carbocycles. The third-order valence-electron chi connectivity index (χ3n) is 1.51. The molecule has 0 unspecified atom stereocenters. The zero-order valence-corrected chi connectivity index (χ0v) is 10.2. The minimum atomic E-state index is -2.99. The minimum Gasteiger partial charge on any atom is -0.381 e. The predicted molar refractivity (Wildman–Crippen MR) is 60.3 cm³/mol. The summed E-state index contributed by atoms with van der Waals surface area (Å²) in [6, 6.07) is 1.49. The molecule has 0 saturated carbocycles. The Labute approximate surface area is 97.7 Å². The minimum absolute atomic E-state index is 0.0171. The van der Waals surface area contributed by atoms with Gasteiger partial charge in [0.15, 0.2) is 10.3 Å². The average molecular weight is 270 g/mol. The van der Waals surface area contributed by atoms with Gasteiger partial charge in [0.25, 0.3) is 0 Å². The fourth-order valence-electron chi connectivity index (χ4n) is 0.848. The van der Waals surface area contributed by atoms with Crippen LogP contribution in [0.3, 0.4) is 0 Å². The Morgan fingerprint density at radius 3 is 2.67 bits per heavy atom. The Balaban J connectivity index is 2.61. The number of hydrogen-bond donors (Lipinski definition) is 1. The zero-order valence-electron chi connectivity index (χ0n) is 7.87. The summed E-state index contributed by atoms with van der Waals surface area (Å²) >= 11 is 11.3. The fraction of sp³-hybridized carbons (Fsp3) is 0.429. The van der Waals surface area contributed by atoms with Crippen LogP contribution >= 0.6 is 23.2 Å². The van der Waals surface area contributed by atoms with Crippen LogP contribution < -0.4 is 5.32 Å². The lowest BCUT2D eigenvalue weighted by molar-refractivity contribution is 0.602. The van der Waals surface area contributed by atoms with Crippen LogP contribution in [0.25, 0.3) is 0 Å². The van der Waals surface area contributed by atoms with Crippen molar-refractivity contribution in [1.29, 1.82) is 0 Å². The monoisotopic (exact) mass is 269 g/mol. The summed E-state index contributed by atoms with van der Waals surface area (Å²) in [4.78, 5) is 0. The summed E-state index contributed by atoms with van der Waals surface area (Å²) < 4.78 is 21.7. The summed E-state index contributed by atoms with van der Waals surface area (Å²) in [5.41, 5.74) is 0.473. The molecule has 5 nitrogen and oxygen atoms in total. The van der Waals surface area contributed by atoms with Crippen molar-refractivity contribution in [2.45, 2.75) is 0 Å². The second-order valence-electron chi connectivity index (χ2n) is 2.93. The Bertz CT molecular complexity index is 450. The van der Waals surface area contributed by atoms with E-state index in [0.717, 1.165) is 6.26 Å². The standard InChI is InChI=1S/C7H9Cl2N3O2S/c1-15(13,14)3-2-10-5-4-6(8)11-12-7(5)9/h4H,2-3H2,1H3,(H,10,11). The molecule has 0 saturated heterocycles. The van der Waals surface area contributed by atoms with E-state index >= 15 is 0 Å². The van der Waals surface area contributed by atoms with E-state index in [1.807, 2.05) is 0 Å². The molecule has 8 heteroatoms. The van der Waals surface area contributed by atoms with Gasteiger partial charge in [-0.25, -0.2) is 8.42 Å². The lowest BCUT2D eigenvalue weighted by Crippen LogP contribution is -2.14. The van der Waals surface area contributed by atoms with Crippen molar-refractivity contribution in [1.82, 2.24) is 10.2 Å². The first kappa shape index (κ1) is 12.5. The number of aromatic nitrogens is 2. The van der Waals surface area contributed by atoms with Crippen LogP contribution in [0, 0.1) is 0 Å². The van der Waals surface area contributed by atoms with Crippen molar-refractivity contribution in [3.63, 3.8) is 0 Å². The summed E-state index contributed by atoms with van der Waals surface area (Å²) in [6.07, 6.45) is 1.16. The highest BCUT2D eigenvalue weighted by Gasteiger charge is 2.05. The summed E-state index contributed by atoms with van der Waals surface area (Å²) in [6.45, 7) is 0.251. The van der Waals surface area contributed by atoms with E-state index in [1.54, 1.807) is 0 Å². The van der Waals surface area contributed by atoms with E-state index in [2.05, 4.69) is 15.5 Å². The Morgan fingerprint density at radius 2 is 2.07 bits per heavy atom. The van der Waals surface area contributed by atoms with Crippen LogP contribution in [-0.2, 0) is 9.84 Å². The number of nitrogens with one attached hydrogen (secondary N) is 1. The lowest BCUT2D eigenvalue weighted by Gasteiger charge is -2.06. The molecule has 1 heterocycles. The van der Waals surface area contributed by atoms with Gasteiger partial charge >= 0.3 is 0 Å². The molecule has 1 rings (SSSR count). The van der Waals surface area contributed by atoms with Gasteiger partial charge < -0.3 is 5.32 Å². The van der Waals surface area contributed by atoms with Crippen LogP contribution in [0.5, 0.6) is 0 Å². The van der Waals surface area contributed by atoms with E-state index in [0.29, 0.717) is 5.69 Å². The topological polar surface area (TPSA) is 72.0 Å². The predicted octanol–water partition coefficient (Wildman–Crippen LogP) is 1.24. The first-order valence-corrected chi connectivity index (χ1v) is 6.80. The largest absolute Gasteiger partial charge is 0.381 e. The van der Waals surface area contributed by atoms with Crippen molar-refractivity contribution >= 4 is 38.7 Å². The van der Waals surface area contributed by atoms with Gasteiger partial charge in [0.2, 0.25) is 0 Å². The average Bonchev–Trinajstić information content (AvgIpc) is 2.09. The van der Waals surface area contributed by atoms with E-state index in [9.17, 15) is 8.42 Å². The van der Waals surface area contributed by atoms with Crippen LogP contribution in [0.15, 0.2) is 6.07 Å². The number of sulfone groups is 1.